The third-order valence-electron chi connectivity index (χ3n) is 2.31. The molecule has 0 saturated carbocycles. The highest BCUT2D eigenvalue weighted by Gasteiger charge is 2.13. The van der Waals surface area contributed by atoms with Crippen molar-refractivity contribution in [2.24, 2.45) is 5.73 Å². The number of halogens is 1. The molecule has 0 amide bonds. The second kappa shape index (κ2) is 6.48. The van der Waals surface area contributed by atoms with Crippen LogP contribution in [0.1, 0.15) is 12.0 Å². The smallest absolute Gasteiger partial charge is 0.232 e. The first-order chi connectivity index (χ1) is 8.85. The molecular formula is C11H16FN3O3S. The van der Waals surface area contributed by atoms with Crippen LogP contribution in [0.4, 0.5) is 10.1 Å². The Labute approximate surface area is 111 Å². The minimum atomic E-state index is -3.62. The molecule has 0 spiro atoms. The number of sulfonamides is 1. The van der Waals surface area contributed by atoms with Crippen molar-refractivity contribution in [3.05, 3.63) is 29.6 Å². The number of amidine groups is 1. The summed E-state index contributed by atoms with van der Waals surface area (Å²) in [6.45, 7) is 0.312. The van der Waals surface area contributed by atoms with Gasteiger partial charge >= 0.3 is 0 Å². The highest BCUT2D eigenvalue weighted by Crippen LogP contribution is 2.17. The van der Waals surface area contributed by atoms with Crippen LogP contribution in [0, 0.1) is 11.2 Å². The highest BCUT2D eigenvalue weighted by molar-refractivity contribution is 7.92. The number of ether oxygens (including phenoxy) is 1. The summed E-state index contributed by atoms with van der Waals surface area (Å²) < 4.78 is 43.8. The molecule has 0 radical (unpaired) electrons. The lowest BCUT2D eigenvalue weighted by atomic mass is 10.2. The lowest BCUT2D eigenvalue weighted by Gasteiger charge is -2.09. The largest absolute Gasteiger partial charge is 0.385 e. The average molecular weight is 289 g/mol. The number of nitrogen functional groups attached to an aromatic ring is 1. The van der Waals surface area contributed by atoms with Crippen LogP contribution in [0.2, 0.25) is 0 Å². The molecule has 4 N–H and O–H groups in total. The van der Waals surface area contributed by atoms with Crippen LogP contribution in [0.5, 0.6) is 0 Å². The van der Waals surface area contributed by atoms with E-state index in [1.807, 2.05) is 0 Å². The lowest BCUT2D eigenvalue weighted by Crippen LogP contribution is -2.19. The standard InChI is InChI=1S/C11H16FN3O3S/c1-18-5-2-6-19(16,17)15-10-4-3-8(11(13)14)7-9(10)12/h3-4,7,15H,2,5-6H2,1H3,(H3,13,14). The summed E-state index contributed by atoms with van der Waals surface area (Å²) in [5, 5.41) is 7.15. The summed E-state index contributed by atoms with van der Waals surface area (Å²) in [7, 11) is -2.14. The van der Waals surface area contributed by atoms with Crippen LogP contribution in [-0.4, -0.2) is 33.7 Å². The van der Waals surface area contributed by atoms with E-state index >= 15 is 0 Å². The Bertz CT molecular complexity index is 560. The van der Waals surface area contributed by atoms with Crippen molar-refractivity contribution in [3.63, 3.8) is 0 Å². The zero-order chi connectivity index (χ0) is 14.5. The van der Waals surface area contributed by atoms with Crippen LogP contribution in [0.25, 0.3) is 0 Å². The lowest BCUT2D eigenvalue weighted by molar-refractivity contribution is 0.199. The predicted molar refractivity (Wildman–Crippen MR) is 71.3 cm³/mol. The summed E-state index contributed by atoms with van der Waals surface area (Å²) in [5.74, 6) is -1.22. The van der Waals surface area contributed by atoms with Crippen molar-refractivity contribution in [1.29, 1.82) is 5.41 Å². The van der Waals surface area contributed by atoms with Gasteiger partial charge in [-0.05, 0) is 24.6 Å². The molecule has 8 heteroatoms. The van der Waals surface area contributed by atoms with Gasteiger partial charge in [-0.15, -0.1) is 0 Å². The number of hydrogen-bond donors (Lipinski definition) is 3. The summed E-state index contributed by atoms with van der Waals surface area (Å²) in [5.41, 5.74) is 5.23. The van der Waals surface area contributed by atoms with Gasteiger partial charge in [-0.2, -0.15) is 0 Å². The van der Waals surface area contributed by atoms with E-state index in [4.69, 9.17) is 15.9 Å². The van der Waals surface area contributed by atoms with Crippen LogP contribution in [0.3, 0.4) is 0 Å². The summed E-state index contributed by atoms with van der Waals surface area (Å²) >= 11 is 0. The van der Waals surface area contributed by atoms with Gasteiger partial charge in [-0.25, -0.2) is 12.8 Å². The van der Waals surface area contributed by atoms with Crippen LogP contribution in [0.15, 0.2) is 18.2 Å². The molecule has 0 aliphatic carbocycles. The SMILES string of the molecule is COCCCS(=O)(=O)Nc1ccc(C(=N)N)cc1F. The molecule has 0 heterocycles. The maximum absolute atomic E-state index is 13.6. The molecule has 0 unspecified atom stereocenters. The fraction of sp³-hybridized carbons (Fsp3) is 0.364. The first-order valence-electron chi connectivity index (χ1n) is 5.49. The second-order valence-corrected chi connectivity index (χ2v) is 5.72. The number of rotatable bonds is 7. The summed E-state index contributed by atoms with van der Waals surface area (Å²) in [6, 6.07) is 3.62. The van der Waals surface area contributed by atoms with E-state index in [-0.39, 0.29) is 22.8 Å². The Kier molecular flexibility index (Phi) is 5.25. The molecule has 0 atom stereocenters. The Morgan fingerprint density at radius 3 is 2.74 bits per heavy atom. The fourth-order valence-corrected chi connectivity index (χ4v) is 2.48. The number of nitrogens with one attached hydrogen (secondary N) is 2. The van der Waals surface area contributed by atoms with Gasteiger partial charge in [0.2, 0.25) is 10.0 Å². The maximum Gasteiger partial charge on any atom is 0.232 e. The molecule has 0 fully saturated rings. The van der Waals surface area contributed by atoms with Gasteiger partial charge in [0, 0.05) is 19.3 Å². The first kappa shape index (κ1) is 15.4. The fourth-order valence-electron chi connectivity index (χ4n) is 1.38. The first-order valence-corrected chi connectivity index (χ1v) is 7.14. The minimum Gasteiger partial charge on any atom is -0.385 e. The van der Waals surface area contributed by atoms with Gasteiger partial charge in [0.25, 0.3) is 0 Å². The average Bonchev–Trinajstić information content (AvgIpc) is 2.31. The highest BCUT2D eigenvalue weighted by atomic mass is 32.2. The van der Waals surface area contributed by atoms with Crippen molar-refractivity contribution in [3.8, 4) is 0 Å². The van der Waals surface area contributed by atoms with E-state index < -0.39 is 15.8 Å². The monoisotopic (exact) mass is 289 g/mol. The van der Waals surface area contributed by atoms with E-state index in [0.29, 0.717) is 13.0 Å². The van der Waals surface area contributed by atoms with Crippen LogP contribution >= 0.6 is 0 Å². The van der Waals surface area contributed by atoms with Crippen molar-refractivity contribution in [1.82, 2.24) is 0 Å². The molecule has 6 nitrogen and oxygen atoms in total. The zero-order valence-corrected chi connectivity index (χ0v) is 11.3. The van der Waals surface area contributed by atoms with Gasteiger partial charge in [0.05, 0.1) is 11.4 Å². The van der Waals surface area contributed by atoms with Crippen molar-refractivity contribution in [2.45, 2.75) is 6.42 Å². The van der Waals surface area contributed by atoms with E-state index in [1.165, 1.54) is 19.2 Å². The Balaban J connectivity index is 2.79. The summed E-state index contributed by atoms with van der Waals surface area (Å²) in [6.07, 6.45) is 0.318. The topological polar surface area (TPSA) is 105 Å². The minimum absolute atomic E-state index is 0.158. The van der Waals surface area contributed by atoms with E-state index in [9.17, 15) is 12.8 Å². The van der Waals surface area contributed by atoms with Gasteiger partial charge in [0.1, 0.15) is 11.7 Å². The molecule has 106 valence electrons. The second-order valence-electron chi connectivity index (χ2n) is 3.88. The maximum atomic E-state index is 13.6. The Hall–Kier alpha value is -1.67. The molecular weight excluding hydrogens is 273 g/mol. The van der Waals surface area contributed by atoms with E-state index in [0.717, 1.165) is 6.07 Å². The number of anilines is 1. The van der Waals surface area contributed by atoms with E-state index in [2.05, 4.69) is 4.72 Å². The summed E-state index contributed by atoms with van der Waals surface area (Å²) in [4.78, 5) is 0. The molecule has 1 rings (SSSR count). The predicted octanol–water partition coefficient (Wildman–Crippen LogP) is 0.888. The molecule has 0 bridgehead atoms. The number of benzene rings is 1. The molecule has 19 heavy (non-hydrogen) atoms. The van der Waals surface area contributed by atoms with Gasteiger partial charge < -0.3 is 10.5 Å². The van der Waals surface area contributed by atoms with E-state index in [1.54, 1.807) is 0 Å². The zero-order valence-electron chi connectivity index (χ0n) is 10.4. The third-order valence-corrected chi connectivity index (χ3v) is 3.66. The van der Waals surface area contributed by atoms with Gasteiger partial charge in [-0.1, -0.05) is 0 Å². The van der Waals surface area contributed by atoms with Crippen LogP contribution in [-0.2, 0) is 14.8 Å². The molecule has 1 aromatic carbocycles. The Morgan fingerprint density at radius 2 is 2.21 bits per heavy atom. The normalized spacial score (nSPS) is 11.3. The quantitative estimate of drug-likeness (QED) is 0.394. The molecule has 0 aromatic heterocycles. The number of methoxy groups -OCH3 is 1. The Morgan fingerprint density at radius 1 is 1.53 bits per heavy atom. The van der Waals surface area contributed by atoms with Crippen LogP contribution < -0.4 is 10.5 Å². The van der Waals surface area contributed by atoms with Crippen molar-refractivity contribution in [2.75, 3.05) is 24.2 Å². The molecule has 0 saturated heterocycles. The number of nitrogens with two attached hydrogens (primary N) is 1. The molecule has 0 aliphatic heterocycles. The molecule has 0 aliphatic rings. The molecule has 1 aromatic rings. The van der Waals surface area contributed by atoms with Crippen molar-refractivity contribution < 1.29 is 17.5 Å². The van der Waals surface area contributed by atoms with Crippen molar-refractivity contribution >= 4 is 21.5 Å². The van der Waals surface area contributed by atoms with Gasteiger partial charge in [-0.3, -0.25) is 10.1 Å². The number of hydrogen-bond acceptors (Lipinski definition) is 4. The van der Waals surface area contributed by atoms with Gasteiger partial charge in [0.15, 0.2) is 0 Å². The third kappa shape index (κ3) is 4.84.